The van der Waals surface area contributed by atoms with E-state index in [1.165, 1.54) is 12.8 Å². The summed E-state index contributed by atoms with van der Waals surface area (Å²) < 4.78 is 16.4. The van der Waals surface area contributed by atoms with Gasteiger partial charge in [-0.2, -0.15) is 0 Å². The molecule has 0 unspecified atom stereocenters. The van der Waals surface area contributed by atoms with Crippen LogP contribution in [0.2, 0.25) is 5.28 Å². The van der Waals surface area contributed by atoms with Crippen LogP contribution < -0.4 is 5.43 Å². The summed E-state index contributed by atoms with van der Waals surface area (Å²) in [6.07, 6.45) is 5.63. The Hall–Kier alpha value is -2.27. The molecule has 0 spiro atoms. The first-order valence-electron chi connectivity index (χ1n) is 8.39. The maximum atomic E-state index is 14.2. The SMILES string of the molecule is Cc1cc(=O)c2ccc(-c3nc(Cl)ncc3F)cc2n1C1CCCC1. The number of hydrogen-bond acceptors (Lipinski definition) is 3. The molecule has 1 aliphatic rings. The molecule has 25 heavy (non-hydrogen) atoms. The van der Waals surface area contributed by atoms with Crippen LogP contribution in [0.25, 0.3) is 22.2 Å². The molecule has 0 N–H and O–H groups in total. The molecule has 0 amide bonds. The van der Waals surface area contributed by atoms with Gasteiger partial charge in [-0.05, 0) is 43.5 Å². The third-order valence-electron chi connectivity index (χ3n) is 4.92. The first-order valence-corrected chi connectivity index (χ1v) is 8.77. The van der Waals surface area contributed by atoms with Crippen LogP contribution in [0, 0.1) is 12.7 Å². The zero-order valence-corrected chi connectivity index (χ0v) is 14.6. The summed E-state index contributed by atoms with van der Waals surface area (Å²) in [6.45, 7) is 1.95. The molecule has 1 aromatic carbocycles. The minimum Gasteiger partial charge on any atom is -0.342 e. The molecule has 0 bridgehead atoms. The van der Waals surface area contributed by atoms with E-state index < -0.39 is 5.82 Å². The van der Waals surface area contributed by atoms with Crippen LogP contribution in [0.15, 0.2) is 35.3 Å². The Labute approximate surface area is 149 Å². The van der Waals surface area contributed by atoms with Gasteiger partial charge in [-0.3, -0.25) is 4.79 Å². The zero-order chi connectivity index (χ0) is 17.6. The number of benzene rings is 1. The first kappa shape index (κ1) is 16.2. The largest absolute Gasteiger partial charge is 0.342 e. The highest BCUT2D eigenvalue weighted by Gasteiger charge is 2.21. The highest BCUT2D eigenvalue weighted by atomic mass is 35.5. The third kappa shape index (κ3) is 2.82. The summed E-state index contributed by atoms with van der Waals surface area (Å²) >= 11 is 5.83. The zero-order valence-electron chi connectivity index (χ0n) is 13.8. The summed E-state index contributed by atoms with van der Waals surface area (Å²) in [5, 5.41) is 0.635. The predicted octanol–water partition coefficient (Wildman–Crippen LogP) is 4.67. The van der Waals surface area contributed by atoms with E-state index >= 15 is 0 Å². The topological polar surface area (TPSA) is 47.8 Å². The van der Waals surface area contributed by atoms with Gasteiger partial charge in [-0.1, -0.05) is 18.9 Å². The Kier molecular flexibility index (Phi) is 4.04. The summed E-state index contributed by atoms with van der Waals surface area (Å²) in [4.78, 5) is 20.1. The lowest BCUT2D eigenvalue weighted by atomic mass is 10.1. The second kappa shape index (κ2) is 6.23. The maximum Gasteiger partial charge on any atom is 0.223 e. The number of aryl methyl sites for hydroxylation is 1. The predicted molar refractivity (Wildman–Crippen MR) is 96.4 cm³/mol. The van der Waals surface area contributed by atoms with Crippen molar-refractivity contribution >= 4 is 22.5 Å². The smallest absolute Gasteiger partial charge is 0.223 e. The molecular weight excluding hydrogens is 341 g/mol. The normalized spacial score (nSPS) is 15.2. The molecule has 128 valence electrons. The van der Waals surface area contributed by atoms with Crippen molar-refractivity contribution in [3.8, 4) is 11.3 Å². The molecule has 4 nitrogen and oxygen atoms in total. The van der Waals surface area contributed by atoms with Crippen LogP contribution in [0.5, 0.6) is 0 Å². The van der Waals surface area contributed by atoms with Crippen LogP contribution in [-0.2, 0) is 0 Å². The van der Waals surface area contributed by atoms with Crippen molar-refractivity contribution in [2.45, 2.75) is 38.6 Å². The number of nitrogens with zero attached hydrogens (tertiary/aromatic N) is 3. The summed E-state index contributed by atoms with van der Waals surface area (Å²) in [6, 6.07) is 7.34. The summed E-state index contributed by atoms with van der Waals surface area (Å²) in [5.74, 6) is -0.536. The maximum absolute atomic E-state index is 14.2. The van der Waals surface area contributed by atoms with E-state index in [9.17, 15) is 9.18 Å². The van der Waals surface area contributed by atoms with Gasteiger partial charge in [0.2, 0.25) is 5.28 Å². The Morgan fingerprint density at radius 3 is 2.76 bits per heavy atom. The molecule has 0 radical (unpaired) electrons. The van der Waals surface area contributed by atoms with E-state index in [1.807, 2.05) is 13.0 Å². The Morgan fingerprint density at radius 1 is 1.24 bits per heavy atom. The van der Waals surface area contributed by atoms with Crippen molar-refractivity contribution in [1.29, 1.82) is 0 Å². The molecule has 2 heterocycles. The van der Waals surface area contributed by atoms with E-state index in [0.717, 1.165) is 30.2 Å². The standard InChI is InChI=1S/C19H17ClFN3O/c1-11-8-17(25)14-7-6-12(18-15(21)10-22-19(20)23-18)9-16(14)24(11)13-4-2-3-5-13/h6-10,13H,2-5H2,1H3. The monoisotopic (exact) mass is 357 g/mol. The van der Waals surface area contributed by atoms with Crippen molar-refractivity contribution < 1.29 is 4.39 Å². The molecule has 0 aliphatic heterocycles. The number of halogens is 2. The lowest BCUT2D eigenvalue weighted by Gasteiger charge is -2.21. The van der Waals surface area contributed by atoms with Gasteiger partial charge in [0.05, 0.1) is 11.7 Å². The molecule has 1 fully saturated rings. The Balaban J connectivity index is 1.99. The highest BCUT2D eigenvalue weighted by molar-refractivity contribution is 6.28. The fourth-order valence-electron chi connectivity index (χ4n) is 3.81. The highest BCUT2D eigenvalue weighted by Crippen LogP contribution is 2.34. The number of pyridine rings is 1. The minimum atomic E-state index is -0.536. The number of fused-ring (bicyclic) bond motifs is 1. The molecule has 0 saturated heterocycles. The Morgan fingerprint density at radius 2 is 2.00 bits per heavy atom. The van der Waals surface area contributed by atoms with Crippen molar-refractivity contribution in [2.24, 2.45) is 0 Å². The average molecular weight is 358 g/mol. The molecular formula is C19H17ClFN3O. The van der Waals surface area contributed by atoms with Crippen molar-refractivity contribution in [1.82, 2.24) is 14.5 Å². The van der Waals surface area contributed by atoms with Gasteiger partial charge in [-0.15, -0.1) is 0 Å². The van der Waals surface area contributed by atoms with E-state index in [1.54, 1.807) is 18.2 Å². The van der Waals surface area contributed by atoms with Crippen LogP contribution >= 0.6 is 11.6 Å². The van der Waals surface area contributed by atoms with E-state index in [2.05, 4.69) is 14.5 Å². The van der Waals surface area contributed by atoms with Gasteiger partial charge < -0.3 is 4.57 Å². The van der Waals surface area contributed by atoms with Gasteiger partial charge in [0.15, 0.2) is 11.2 Å². The van der Waals surface area contributed by atoms with Gasteiger partial charge in [0.1, 0.15) is 5.69 Å². The van der Waals surface area contributed by atoms with Crippen LogP contribution in [0.4, 0.5) is 4.39 Å². The summed E-state index contributed by atoms with van der Waals surface area (Å²) in [7, 11) is 0. The fourth-order valence-corrected chi connectivity index (χ4v) is 3.94. The molecule has 1 saturated carbocycles. The van der Waals surface area contributed by atoms with Gasteiger partial charge >= 0.3 is 0 Å². The molecule has 0 atom stereocenters. The van der Waals surface area contributed by atoms with Crippen LogP contribution in [-0.4, -0.2) is 14.5 Å². The molecule has 6 heteroatoms. The van der Waals surface area contributed by atoms with Gasteiger partial charge in [0.25, 0.3) is 0 Å². The van der Waals surface area contributed by atoms with E-state index in [0.29, 0.717) is 17.0 Å². The Bertz CT molecular complexity index is 1030. The number of rotatable bonds is 2. The van der Waals surface area contributed by atoms with Crippen molar-refractivity contribution in [3.05, 3.63) is 57.5 Å². The lowest BCUT2D eigenvalue weighted by molar-refractivity contribution is 0.521. The molecule has 4 rings (SSSR count). The van der Waals surface area contributed by atoms with Gasteiger partial charge in [0, 0.05) is 28.8 Å². The molecule has 2 aromatic heterocycles. The van der Waals surface area contributed by atoms with Crippen LogP contribution in [0.1, 0.15) is 37.4 Å². The van der Waals surface area contributed by atoms with E-state index in [4.69, 9.17) is 11.6 Å². The van der Waals surface area contributed by atoms with Gasteiger partial charge in [-0.25, -0.2) is 14.4 Å². The molecule has 1 aliphatic carbocycles. The first-order chi connectivity index (χ1) is 12.0. The second-order valence-corrected chi connectivity index (χ2v) is 6.86. The average Bonchev–Trinajstić information content (AvgIpc) is 3.10. The van der Waals surface area contributed by atoms with E-state index in [-0.39, 0.29) is 16.4 Å². The fraction of sp³-hybridized carbons (Fsp3) is 0.316. The molecule has 3 aromatic rings. The summed E-state index contributed by atoms with van der Waals surface area (Å²) in [5.41, 5.74) is 2.47. The number of hydrogen-bond donors (Lipinski definition) is 0. The lowest BCUT2D eigenvalue weighted by Crippen LogP contribution is -2.15. The van der Waals surface area contributed by atoms with Crippen molar-refractivity contribution in [3.63, 3.8) is 0 Å². The minimum absolute atomic E-state index is 0.00563. The third-order valence-corrected chi connectivity index (χ3v) is 5.10. The number of aromatic nitrogens is 3. The quantitative estimate of drug-likeness (QED) is 0.626. The van der Waals surface area contributed by atoms with Crippen LogP contribution in [0.3, 0.4) is 0 Å². The van der Waals surface area contributed by atoms with Crippen molar-refractivity contribution in [2.75, 3.05) is 0 Å². The second-order valence-electron chi connectivity index (χ2n) is 6.53.